The van der Waals surface area contributed by atoms with Gasteiger partial charge in [0.2, 0.25) is 12.1 Å². The molecule has 1 aromatic carbocycles. The summed E-state index contributed by atoms with van der Waals surface area (Å²) < 4.78 is 11.7. The number of unbranched alkanes of at least 4 members (excludes halogenated alkanes) is 22. The summed E-state index contributed by atoms with van der Waals surface area (Å²) in [5, 5.41) is 22.1. The quantitative estimate of drug-likeness (QED) is 0.0603. The molecule has 2 N–H and O–H groups in total. The van der Waals surface area contributed by atoms with Crippen molar-refractivity contribution in [1.82, 2.24) is 0 Å². The van der Waals surface area contributed by atoms with Crippen molar-refractivity contribution in [1.29, 1.82) is 0 Å². The van der Waals surface area contributed by atoms with E-state index in [4.69, 9.17) is 9.47 Å². The van der Waals surface area contributed by atoms with E-state index in [2.05, 4.69) is 26.0 Å². The van der Waals surface area contributed by atoms with Crippen molar-refractivity contribution in [2.24, 2.45) is 0 Å². The first kappa shape index (κ1) is 40.4. The molecule has 1 rings (SSSR count). The first-order valence-electron chi connectivity index (χ1n) is 18.4. The SMILES string of the molecule is CCCCCCCCCCCCCCOC(O)C(O)(CSCc1ccccc1)OCCCCCCCCCCCCCC. The van der Waals surface area contributed by atoms with Gasteiger partial charge in [0.1, 0.15) is 0 Å². The van der Waals surface area contributed by atoms with Crippen LogP contribution < -0.4 is 0 Å². The zero-order chi connectivity index (χ0) is 31.1. The third-order valence-corrected chi connectivity index (χ3v) is 9.59. The number of hydrogen-bond donors (Lipinski definition) is 2. The molecule has 0 spiro atoms. The average Bonchev–Trinajstić information content (AvgIpc) is 3.02. The summed E-state index contributed by atoms with van der Waals surface area (Å²) in [6, 6.07) is 10.2. The van der Waals surface area contributed by atoms with E-state index in [0.717, 1.165) is 31.4 Å². The van der Waals surface area contributed by atoms with E-state index in [-0.39, 0.29) is 5.75 Å². The Bertz CT molecular complexity index is 688. The van der Waals surface area contributed by atoms with Gasteiger partial charge in [0, 0.05) is 12.4 Å². The Balaban J connectivity index is 2.23. The van der Waals surface area contributed by atoms with Crippen LogP contribution in [0.5, 0.6) is 0 Å². The van der Waals surface area contributed by atoms with Gasteiger partial charge in [-0.2, -0.15) is 11.8 Å². The second kappa shape index (κ2) is 30.1. The molecule has 0 aliphatic rings. The fourth-order valence-corrected chi connectivity index (χ4v) is 6.58. The minimum atomic E-state index is -1.69. The van der Waals surface area contributed by atoms with E-state index in [9.17, 15) is 10.2 Å². The molecule has 2 unspecified atom stereocenters. The summed E-state index contributed by atoms with van der Waals surface area (Å²) in [6.45, 7) is 5.44. The third kappa shape index (κ3) is 24.3. The van der Waals surface area contributed by atoms with E-state index in [1.807, 2.05) is 18.2 Å². The van der Waals surface area contributed by atoms with Crippen LogP contribution in [0.3, 0.4) is 0 Å². The first-order valence-corrected chi connectivity index (χ1v) is 19.6. The van der Waals surface area contributed by atoms with Gasteiger partial charge in [-0.25, -0.2) is 0 Å². The molecule has 0 fully saturated rings. The molecule has 0 aromatic heterocycles. The van der Waals surface area contributed by atoms with Gasteiger partial charge in [-0.05, 0) is 18.4 Å². The van der Waals surface area contributed by atoms with Crippen molar-refractivity contribution in [3.05, 3.63) is 35.9 Å². The highest BCUT2D eigenvalue weighted by Gasteiger charge is 2.38. The average molecular weight is 623 g/mol. The van der Waals surface area contributed by atoms with Gasteiger partial charge in [-0.3, -0.25) is 0 Å². The molecule has 0 aliphatic carbocycles. The fraction of sp³-hybridized carbons (Fsp3) is 0.842. The summed E-state index contributed by atoms with van der Waals surface area (Å²) in [5.74, 6) is -0.648. The van der Waals surface area contributed by atoms with Crippen LogP contribution in [-0.4, -0.2) is 41.3 Å². The van der Waals surface area contributed by atoms with Crippen molar-refractivity contribution in [2.75, 3.05) is 19.0 Å². The number of hydrogen-bond acceptors (Lipinski definition) is 5. The zero-order valence-electron chi connectivity index (χ0n) is 28.4. The molecule has 0 amide bonds. The smallest absolute Gasteiger partial charge is 0.227 e. The second-order valence-electron chi connectivity index (χ2n) is 12.7. The van der Waals surface area contributed by atoms with Gasteiger partial charge in [0.05, 0.1) is 12.4 Å². The van der Waals surface area contributed by atoms with Crippen LogP contribution in [0.4, 0.5) is 0 Å². The van der Waals surface area contributed by atoms with E-state index in [1.54, 1.807) is 11.8 Å². The monoisotopic (exact) mass is 622 g/mol. The van der Waals surface area contributed by atoms with E-state index >= 15 is 0 Å². The molecule has 1 aromatic rings. The normalized spacial score (nSPS) is 13.8. The Labute approximate surface area is 271 Å². The standard InChI is InChI=1S/C38H70O4S/c1-3-5-7-9-11-13-15-17-19-21-23-28-32-41-37(39)38(40,35-43-34-36-30-26-25-27-31-36)42-33-29-24-22-20-18-16-14-12-10-8-6-4-2/h25-27,30-31,37,39-40H,3-24,28-29,32-35H2,1-2H3. The highest BCUT2D eigenvalue weighted by atomic mass is 32.2. The lowest BCUT2D eigenvalue weighted by Crippen LogP contribution is -2.49. The topological polar surface area (TPSA) is 58.9 Å². The molecule has 0 bridgehead atoms. The zero-order valence-corrected chi connectivity index (χ0v) is 29.2. The van der Waals surface area contributed by atoms with E-state index in [0.29, 0.717) is 13.2 Å². The number of benzene rings is 1. The summed E-state index contributed by atoms with van der Waals surface area (Å²) in [4.78, 5) is 0. The van der Waals surface area contributed by atoms with Gasteiger partial charge in [-0.1, -0.05) is 185 Å². The van der Waals surface area contributed by atoms with Crippen LogP contribution in [0, 0.1) is 0 Å². The van der Waals surface area contributed by atoms with Crippen molar-refractivity contribution in [2.45, 2.75) is 186 Å². The molecule has 5 heteroatoms. The lowest BCUT2D eigenvalue weighted by atomic mass is 10.1. The molecule has 0 radical (unpaired) electrons. The Morgan fingerprint density at radius 3 is 1.42 bits per heavy atom. The van der Waals surface area contributed by atoms with Gasteiger partial charge in [0.15, 0.2) is 0 Å². The number of aliphatic hydroxyl groups is 2. The maximum atomic E-state index is 11.3. The van der Waals surface area contributed by atoms with Crippen LogP contribution in [0.1, 0.15) is 174 Å². The van der Waals surface area contributed by atoms with E-state index in [1.165, 1.54) is 134 Å². The fourth-order valence-electron chi connectivity index (χ4n) is 5.53. The van der Waals surface area contributed by atoms with Crippen molar-refractivity contribution < 1.29 is 19.7 Å². The van der Waals surface area contributed by atoms with Crippen LogP contribution in [0.15, 0.2) is 30.3 Å². The Hall–Kier alpha value is -0.590. The molecular formula is C38H70O4S. The van der Waals surface area contributed by atoms with Crippen molar-refractivity contribution >= 4 is 11.8 Å². The summed E-state index contributed by atoms with van der Waals surface area (Å²) in [5.41, 5.74) is 1.20. The van der Waals surface area contributed by atoms with Crippen LogP contribution in [0.2, 0.25) is 0 Å². The van der Waals surface area contributed by atoms with Crippen molar-refractivity contribution in [3.63, 3.8) is 0 Å². The van der Waals surface area contributed by atoms with Crippen LogP contribution in [-0.2, 0) is 15.2 Å². The van der Waals surface area contributed by atoms with Crippen molar-refractivity contribution in [3.8, 4) is 0 Å². The van der Waals surface area contributed by atoms with Gasteiger partial charge in [0.25, 0.3) is 0 Å². The molecule has 43 heavy (non-hydrogen) atoms. The summed E-state index contributed by atoms with van der Waals surface area (Å²) in [7, 11) is 0. The number of ether oxygens (including phenoxy) is 2. The third-order valence-electron chi connectivity index (χ3n) is 8.43. The second-order valence-corrected chi connectivity index (χ2v) is 13.7. The molecule has 252 valence electrons. The van der Waals surface area contributed by atoms with E-state index < -0.39 is 12.1 Å². The minimum absolute atomic E-state index is 0.278. The maximum absolute atomic E-state index is 11.3. The largest absolute Gasteiger partial charge is 0.364 e. The molecule has 0 aliphatic heterocycles. The molecule has 0 saturated heterocycles. The highest BCUT2D eigenvalue weighted by molar-refractivity contribution is 7.98. The van der Waals surface area contributed by atoms with Gasteiger partial charge in [-0.15, -0.1) is 0 Å². The Morgan fingerprint density at radius 2 is 0.977 bits per heavy atom. The lowest BCUT2D eigenvalue weighted by molar-refractivity contribution is -0.312. The number of rotatable bonds is 33. The molecule has 0 saturated carbocycles. The predicted octanol–water partition coefficient (Wildman–Crippen LogP) is 11.4. The summed E-state index contributed by atoms with van der Waals surface area (Å²) >= 11 is 1.57. The Kier molecular flexibility index (Phi) is 28.3. The molecule has 0 heterocycles. The highest BCUT2D eigenvalue weighted by Crippen LogP contribution is 2.24. The number of thioether (sulfide) groups is 1. The minimum Gasteiger partial charge on any atom is -0.364 e. The molecule has 2 atom stereocenters. The van der Waals surface area contributed by atoms with Gasteiger partial charge < -0.3 is 19.7 Å². The van der Waals surface area contributed by atoms with Crippen LogP contribution >= 0.6 is 11.8 Å². The molecular weight excluding hydrogens is 552 g/mol. The first-order chi connectivity index (χ1) is 21.1. The summed E-state index contributed by atoms with van der Waals surface area (Å²) in [6.07, 6.45) is 29.5. The predicted molar refractivity (Wildman–Crippen MR) is 188 cm³/mol. The maximum Gasteiger partial charge on any atom is 0.227 e. The Morgan fingerprint density at radius 1 is 0.581 bits per heavy atom. The lowest BCUT2D eigenvalue weighted by Gasteiger charge is -2.32. The number of aliphatic hydroxyl groups excluding tert-OH is 1. The van der Waals surface area contributed by atoms with Crippen LogP contribution in [0.25, 0.3) is 0 Å². The molecule has 4 nitrogen and oxygen atoms in total. The van der Waals surface area contributed by atoms with Gasteiger partial charge >= 0.3 is 0 Å².